The van der Waals surface area contributed by atoms with Gasteiger partial charge in [-0.25, -0.2) is 4.98 Å². The number of nitrogens with zero attached hydrogens (tertiary/aromatic N) is 1. The van der Waals surface area contributed by atoms with Crippen LogP contribution in [0.5, 0.6) is 5.75 Å². The zero-order valence-corrected chi connectivity index (χ0v) is 8.97. The molecule has 1 heterocycles. The van der Waals surface area contributed by atoms with Crippen molar-refractivity contribution in [1.82, 2.24) is 4.98 Å². The molecule has 0 fully saturated rings. The first kappa shape index (κ1) is 10.5. The Morgan fingerprint density at radius 3 is 2.56 bits per heavy atom. The number of anilines is 1. The number of ether oxygens (including phenoxy) is 1. The Balaban J connectivity index is 1.70. The number of rotatable bonds is 5. The van der Waals surface area contributed by atoms with Gasteiger partial charge in [0.1, 0.15) is 18.2 Å². The van der Waals surface area contributed by atoms with E-state index in [1.165, 1.54) is 0 Å². The van der Waals surface area contributed by atoms with Gasteiger partial charge >= 0.3 is 0 Å². The Bertz CT molecular complexity index is 361. The molecule has 3 heteroatoms. The maximum absolute atomic E-state index is 5.54. The van der Waals surface area contributed by atoms with Crippen LogP contribution in [0.2, 0.25) is 0 Å². The first-order chi connectivity index (χ1) is 7.95. The lowest BCUT2D eigenvalue weighted by Crippen LogP contribution is -2.12. The van der Waals surface area contributed by atoms with Crippen molar-refractivity contribution in [2.24, 2.45) is 0 Å². The number of aromatic nitrogens is 1. The van der Waals surface area contributed by atoms with Crippen LogP contribution in [0.1, 0.15) is 0 Å². The van der Waals surface area contributed by atoms with Crippen molar-refractivity contribution >= 4 is 5.82 Å². The minimum absolute atomic E-state index is 0.626. The molecule has 0 unspecified atom stereocenters. The molecule has 0 aliphatic heterocycles. The predicted octanol–water partition coefficient (Wildman–Crippen LogP) is 2.57. The molecular weight excluding hydrogens is 200 g/mol. The number of para-hydroxylation sites is 1. The monoisotopic (exact) mass is 214 g/mol. The van der Waals surface area contributed by atoms with Gasteiger partial charge in [0.05, 0.1) is 6.54 Å². The third kappa shape index (κ3) is 3.28. The largest absolute Gasteiger partial charge is 0.492 e. The number of nitrogens with one attached hydrogen (secondary N) is 1. The van der Waals surface area contributed by atoms with Crippen LogP contribution in [0.4, 0.5) is 5.82 Å². The Hall–Kier alpha value is -2.03. The van der Waals surface area contributed by atoms with Crippen LogP contribution in [0.25, 0.3) is 0 Å². The summed E-state index contributed by atoms with van der Waals surface area (Å²) in [6.07, 6.45) is 1.76. The second-order valence-electron chi connectivity index (χ2n) is 3.30. The molecule has 0 radical (unpaired) electrons. The third-order valence-corrected chi connectivity index (χ3v) is 2.09. The molecule has 3 nitrogen and oxygen atoms in total. The van der Waals surface area contributed by atoms with Crippen LogP contribution in [0.15, 0.2) is 54.7 Å². The van der Waals surface area contributed by atoms with Gasteiger partial charge in [0.15, 0.2) is 0 Å². The van der Waals surface area contributed by atoms with E-state index in [1.54, 1.807) is 6.20 Å². The first-order valence-electron chi connectivity index (χ1n) is 5.28. The highest BCUT2D eigenvalue weighted by Crippen LogP contribution is 2.07. The standard InChI is InChI=1S/C13H14N2O/c1-2-6-12(7-3-1)16-11-10-15-13-8-4-5-9-14-13/h1-9H,10-11H2,(H,14,15). The van der Waals surface area contributed by atoms with E-state index in [9.17, 15) is 0 Å². The fourth-order valence-electron chi connectivity index (χ4n) is 1.33. The lowest BCUT2D eigenvalue weighted by atomic mass is 10.3. The summed E-state index contributed by atoms with van der Waals surface area (Å²) in [4.78, 5) is 4.16. The highest BCUT2D eigenvalue weighted by Gasteiger charge is 1.92. The fourth-order valence-corrected chi connectivity index (χ4v) is 1.33. The highest BCUT2D eigenvalue weighted by molar-refractivity contribution is 5.32. The summed E-state index contributed by atoms with van der Waals surface area (Å²) >= 11 is 0. The maximum Gasteiger partial charge on any atom is 0.125 e. The average Bonchev–Trinajstić information content (AvgIpc) is 2.37. The van der Waals surface area contributed by atoms with E-state index in [0.29, 0.717) is 6.61 Å². The van der Waals surface area contributed by atoms with Crippen molar-refractivity contribution in [3.8, 4) is 5.75 Å². The van der Waals surface area contributed by atoms with Crippen molar-refractivity contribution < 1.29 is 4.74 Å². The molecule has 2 rings (SSSR count). The van der Waals surface area contributed by atoms with E-state index in [-0.39, 0.29) is 0 Å². The average molecular weight is 214 g/mol. The summed E-state index contributed by atoms with van der Waals surface area (Å²) in [5.41, 5.74) is 0. The second kappa shape index (κ2) is 5.75. The summed E-state index contributed by atoms with van der Waals surface area (Å²) < 4.78 is 5.54. The van der Waals surface area contributed by atoms with Gasteiger partial charge in [-0.1, -0.05) is 24.3 Å². The van der Waals surface area contributed by atoms with E-state index in [1.807, 2.05) is 48.5 Å². The third-order valence-electron chi connectivity index (χ3n) is 2.09. The quantitative estimate of drug-likeness (QED) is 0.777. The molecule has 0 aliphatic rings. The summed E-state index contributed by atoms with van der Waals surface area (Å²) in [6, 6.07) is 15.6. The molecule has 1 aromatic heterocycles. The summed E-state index contributed by atoms with van der Waals surface area (Å²) in [7, 11) is 0. The van der Waals surface area contributed by atoms with Gasteiger partial charge in [-0.3, -0.25) is 0 Å². The molecule has 0 atom stereocenters. The van der Waals surface area contributed by atoms with Gasteiger partial charge in [-0.05, 0) is 24.3 Å². The number of hydrogen-bond acceptors (Lipinski definition) is 3. The number of benzene rings is 1. The molecule has 0 saturated heterocycles. The van der Waals surface area contributed by atoms with Gasteiger partial charge in [0.2, 0.25) is 0 Å². The Morgan fingerprint density at radius 2 is 1.81 bits per heavy atom. The molecule has 1 aromatic carbocycles. The molecule has 82 valence electrons. The van der Waals surface area contributed by atoms with Gasteiger partial charge in [0.25, 0.3) is 0 Å². The van der Waals surface area contributed by atoms with E-state index in [2.05, 4.69) is 10.3 Å². The van der Waals surface area contributed by atoms with E-state index >= 15 is 0 Å². The normalized spacial score (nSPS) is 9.75. The minimum Gasteiger partial charge on any atom is -0.492 e. The van der Waals surface area contributed by atoms with Crippen molar-refractivity contribution in [3.05, 3.63) is 54.7 Å². The van der Waals surface area contributed by atoms with Crippen molar-refractivity contribution in [2.75, 3.05) is 18.5 Å². The minimum atomic E-state index is 0.626. The Labute approximate surface area is 95.1 Å². The van der Waals surface area contributed by atoms with Crippen molar-refractivity contribution in [2.45, 2.75) is 0 Å². The molecule has 0 bridgehead atoms. The summed E-state index contributed by atoms with van der Waals surface area (Å²) in [6.45, 7) is 1.37. The van der Waals surface area contributed by atoms with Gasteiger partial charge < -0.3 is 10.1 Å². The van der Waals surface area contributed by atoms with Crippen LogP contribution >= 0.6 is 0 Å². The van der Waals surface area contributed by atoms with Crippen LogP contribution in [-0.2, 0) is 0 Å². The molecule has 2 aromatic rings. The van der Waals surface area contributed by atoms with Crippen LogP contribution < -0.4 is 10.1 Å². The van der Waals surface area contributed by atoms with Gasteiger partial charge in [0, 0.05) is 6.20 Å². The van der Waals surface area contributed by atoms with E-state index in [4.69, 9.17) is 4.74 Å². The van der Waals surface area contributed by atoms with Crippen LogP contribution in [0, 0.1) is 0 Å². The first-order valence-corrected chi connectivity index (χ1v) is 5.28. The maximum atomic E-state index is 5.54. The van der Waals surface area contributed by atoms with Gasteiger partial charge in [-0.15, -0.1) is 0 Å². The predicted molar refractivity (Wildman–Crippen MR) is 64.7 cm³/mol. The zero-order chi connectivity index (χ0) is 11.1. The van der Waals surface area contributed by atoms with Crippen LogP contribution in [0.3, 0.4) is 0 Å². The molecule has 1 N–H and O–H groups in total. The molecule has 0 spiro atoms. The summed E-state index contributed by atoms with van der Waals surface area (Å²) in [5.74, 6) is 1.77. The lowest BCUT2D eigenvalue weighted by Gasteiger charge is -2.07. The molecule has 0 saturated carbocycles. The summed E-state index contributed by atoms with van der Waals surface area (Å²) in [5, 5.41) is 3.18. The van der Waals surface area contributed by atoms with Crippen molar-refractivity contribution in [1.29, 1.82) is 0 Å². The van der Waals surface area contributed by atoms with Gasteiger partial charge in [-0.2, -0.15) is 0 Å². The molecular formula is C13H14N2O. The molecule has 16 heavy (non-hydrogen) atoms. The topological polar surface area (TPSA) is 34.1 Å². The number of pyridine rings is 1. The van der Waals surface area contributed by atoms with E-state index in [0.717, 1.165) is 18.1 Å². The second-order valence-corrected chi connectivity index (χ2v) is 3.30. The van der Waals surface area contributed by atoms with E-state index < -0.39 is 0 Å². The molecule has 0 amide bonds. The Morgan fingerprint density at radius 1 is 1.00 bits per heavy atom. The Kier molecular flexibility index (Phi) is 3.77. The lowest BCUT2D eigenvalue weighted by molar-refractivity contribution is 0.333. The molecule has 0 aliphatic carbocycles. The highest BCUT2D eigenvalue weighted by atomic mass is 16.5. The number of hydrogen-bond donors (Lipinski definition) is 1. The smallest absolute Gasteiger partial charge is 0.125 e. The zero-order valence-electron chi connectivity index (χ0n) is 8.97. The fraction of sp³-hybridized carbons (Fsp3) is 0.154. The SMILES string of the molecule is c1ccc(OCCNc2ccccn2)cc1. The van der Waals surface area contributed by atoms with Crippen LogP contribution in [-0.4, -0.2) is 18.1 Å². The van der Waals surface area contributed by atoms with Crippen molar-refractivity contribution in [3.63, 3.8) is 0 Å².